The average Bonchev–Trinajstić information content (AvgIpc) is 2.94. The van der Waals surface area contributed by atoms with Crippen molar-refractivity contribution in [3.05, 3.63) is 94.0 Å². The first kappa shape index (κ1) is 25.5. The monoisotopic (exact) mass is 502 g/mol. The highest BCUT2D eigenvalue weighted by atomic mass is 35.5. The molecule has 186 valence electrons. The Kier molecular flexibility index (Phi) is 7.45. The summed E-state index contributed by atoms with van der Waals surface area (Å²) in [6.45, 7) is 8.35. The number of carbonyl (C=O) groups excluding carboxylic acids is 2. The highest BCUT2D eigenvalue weighted by Gasteiger charge is 2.31. The largest absolute Gasteiger partial charge is 0.321 e. The van der Waals surface area contributed by atoms with Gasteiger partial charge in [-0.1, -0.05) is 87.8 Å². The van der Waals surface area contributed by atoms with E-state index < -0.39 is 12.2 Å². The zero-order chi connectivity index (χ0) is 26.0. The summed E-state index contributed by atoms with van der Waals surface area (Å²) in [6.07, 6.45) is -1.12. The second-order valence-corrected chi connectivity index (χ2v) is 9.96. The van der Waals surface area contributed by atoms with Gasteiger partial charge in [0, 0.05) is 28.9 Å². The molecule has 1 aliphatic rings. The Morgan fingerprint density at radius 2 is 1.58 bits per heavy atom. The molecular formula is C29H31ClN4O2. The van der Waals surface area contributed by atoms with E-state index >= 15 is 0 Å². The van der Waals surface area contributed by atoms with E-state index in [0.717, 1.165) is 27.9 Å². The molecule has 0 aromatic heterocycles. The summed E-state index contributed by atoms with van der Waals surface area (Å²) in [7, 11) is 1.68. The van der Waals surface area contributed by atoms with Gasteiger partial charge in [0.05, 0.1) is 11.4 Å². The Labute approximate surface area is 217 Å². The number of urea groups is 1. The maximum atomic E-state index is 13.5. The first-order valence-corrected chi connectivity index (χ1v) is 12.5. The van der Waals surface area contributed by atoms with E-state index in [4.69, 9.17) is 16.6 Å². The number of nitrogens with zero attached hydrogens (tertiary/aromatic N) is 2. The minimum atomic E-state index is -1.12. The van der Waals surface area contributed by atoms with Crippen molar-refractivity contribution in [3.8, 4) is 0 Å². The van der Waals surface area contributed by atoms with Crippen molar-refractivity contribution in [1.82, 2.24) is 5.32 Å². The van der Waals surface area contributed by atoms with E-state index in [0.29, 0.717) is 16.4 Å². The molecule has 2 N–H and O–H groups in total. The number of anilines is 2. The number of rotatable bonds is 5. The smallest absolute Gasteiger partial charge is 0.311 e. The second-order valence-electron chi connectivity index (χ2n) is 9.52. The Hall–Kier alpha value is -3.64. The summed E-state index contributed by atoms with van der Waals surface area (Å²) in [5.74, 6) is 0.0825. The lowest BCUT2D eigenvalue weighted by atomic mass is 9.93. The summed E-state index contributed by atoms with van der Waals surface area (Å²) in [5.41, 5.74) is 5.65. The molecule has 1 unspecified atom stereocenters. The van der Waals surface area contributed by atoms with Crippen LogP contribution in [-0.4, -0.2) is 30.9 Å². The molecule has 0 saturated heterocycles. The molecule has 4 rings (SSSR count). The number of amides is 3. The standard InChI is InChI=1S/C29H31ClN4O2/c1-17(2)21-12-9-13-22(18(3)4)26(21)32-29(36)33-27-28(35)34(5)24-15-14-20(30)16-23(24)25(31-27)19-10-7-6-8-11-19/h6-18,27H,1-5H3,(H2,32,33,36). The summed E-state index contributed by atoms with van der Waals surface area (Å²) in [6, 6.07) is 20.5. The Morgan fingerprint density at radius 1 is 0.944 bits per heavy atom. The van der Waals surface area contributed by atoms with Gasteiger partial charge >= 0.3 is 6.03 Å². The molecule has 3 amide bonds. The molecular weight excluding hydrogens is 472 g/mol. The number of fused-ring (bicyclic) bond motifs is 1. The molecule has 1 atom stereocenters. The number of nitrogens with one attached hydrogen (secondary N) is 2. The van der Waals surface area contributed by atoms with Gasteiger partial charge in [0.1, 0.15) is 0 Å². The molecule has 1 aliphatic heterocycles. The second kappa shape index (κ2) is 10.5. The fourth-order valence-electron chi connectivity index (χ4n) is 4.44. The van der Waals surface area contributed by atoms with Crippen LogP contribution in [0.1, 0.15) is 61.8 Å². The van der Waals surface area contributed by atoms with Crippen LogP contribution in [0.5, 0.6) is 0 Å². The number of benzodiazepines with no additional fused rings is 1. The minimum Gasteiger partial charge on any atom is -0.311 e. The summed E-state index contributed by atoms with van der Waals surface area (Å²) < 4.78 is 0. The molecule has 7 heteroatoms. The zero-order valence-electron chi connectivity index (χ0n) is 21.2. The van der Waals surface area contributed by atoms with E-state index in [-0.39, 0.29) is 17.7 Å². The number of carbonyl (C=O) groups is 2. The average molecular weight is 503 g/mol. The van der Waals surface area contributed by atoms with Crippen molar-refractivity contribution < 1.29 is 9.59 Å². The van der Waals surface area contributed by atoms with Gasteiger partial charge in [0.25, 0.3) is 5.91 Å². The van der Waals surface area contributed by atoms with Crippen LogP contribution in [0.4, 0.5) is 16.2 Å². The number of benzene rings is 3. The molecule has 0 spiro atoms. The van der Waals surface area contributed by atoms with Crippen LogP contribution < -0.4 is 15.5 Å². The van der Waals surface area contributed by atoms with Crippen LogP contribution in [0.15, 0.2) is 71.7 Å². The molecule has 6 nitrogen and oxygen atoms in total. The van der Waals surface area contributed by atoms with E-state index in [1.165, 1.54) is 4.90 Å². The minimum absolute atomic E-state index is 0.214. The van der Waals surface area contributed by atoms with Gasteiger partial charge in [0.2, 0.25) is 6.17 Å². The van der Waals surface area contributed by atoms with Gasteiger partial charge in [-0.2, -0.15) is 0 Å². The predicted octanol–water partition coefficient (Wildman–Crippen LogP) is 6.55. The SMILES string of the molecule is CC(C)c1cccc(C(C)C)c1NC(=O)NC1N=C(c2ccccc2)c2cc(Cl)ccc2N(C)C1=O. The topological polar surface area (TPSA) is 73.8 Å². The normalized spacial score (nSPS) is 15.4. The third kappa shape index (κ3) is 5.14. The molecule has 36 heavy (non-hydrogen) atoms. The number of hydrogen-bond donors (Lipinski definition) is 2. The van der Waals surface area contributed by atoms with Crippen molar-refractivity contribution >= 4 is 40.6 Å². The highest BCUT2D eigenvalue weighted by molar-refractivity contribution is 6.32. The van der Waals surface area contributed by atoms with Gasteiger partial charge in [0.15, 0.2) is 0 Å². The van der Waals surface area contributed by atoms with Crippen LogP contribution in [-0.2, 0) is 4.79 Å². The van der Waals surface area contributed by atoms with Gasteiger partial charge in [-0.25, -0.2) is 9.79 Å². The maximum Gasteiger partial charge on any atom is 0.321 e. The molecule has 3 aromatic rings. The van der Waals surface area contributed by atoms with Crippen molar-refractivity contribution in [2.45, 2.75) is 45.7 Å². The van der Waals surface area contributed by atoms with Crippen molar-refractivity contribution in [2.24, 2.45) is 4.99 Å². The number of aliphatic imine (C=N–C) groups is 1. The van der Waals surface area contributed by atoms with Gasteiger partial charge < -0.3 is 15.5 Å². The quantitative estimate of drug-likeness (QED) is 0.415. The molecule has 0 saturated carbocycles. The number of para-hydroxylation sites is 1. The van der Waals surface area contributed by atoms with Gasteiger partial charge in [-0.3, -0.25) is 4.79 Å². The van der Waals surface area contributed by atoms with E-state index in [1.807, 2.05) is 48.5 Å². The van der Waals surface area contributed by atoms with Gasteiger partial charge in [-0.05, 0) is 41.2 Å². The number of likely N-dealkylation sites (N-methyl/N-ethyl adjacent to an activating group) is 1. The third-order valence-electron chi connectivity index (χ3n) is 6.32. The Balaban J connectivity index is 1.73. The third-order valence-corrected chi connectivity index (χ3v) is 6.56. The summed E-state index contributed by atoms with van der Waals surface area (Å²) in [5, 5.41) is 6.36. The predicted molar refractivity (Wildman–Crippen MR) is 148 cm³/mol. The highest BCUT2D eigenvalue weighted by Crippen LogP contribution is 2.33. The van der Waals surface area contributed by atoms with Gasteiger partial charge in [-0.15, -0.1) is 0 Å². The molecule has 0 bridgehead atoms. The zero-order valence-corrected chi connectivity index (χ0v) is 21.9. The van der Waals surface area contributed by atoms with E-state index in [9.17, 15) is 9.59 Å². The lowest BCUT2D eigenvalue weighted by Crippen LogP contribution is -2.47. The molecule has 3 aromatic carbocycles. The van der Waals surface area contributed by atoms with Crippen molar-refractivity contribution in [3.63, 3.8) is 0 Å². The van der Waals surface area contributed by atoms with Crippen molar-refractivity contribution in [2.75, 3.05) is 17.3 Å². The first-order chi connectivity index (χ1) is 17.2. The fourth-order valence-corrected chi connectivity index (χ4v) is 4.61. The van der Waals surface area contributed by atoms with Crippen LogP contribution in [0.25, 0.3) is 0 Å². The fraction of sp³-hybridized carbons (Fsp3) is 0.276. The van der Waals surface area contributed by atoms with Crippen LogP contribution in [0.3, 0.4) is 0 Å². The summed E-state index contributed by atoms with van der Waals surface area (Å²) in [4.78, 5) is 33.0. The number of hydrogen-bond acceptors (Lipinski definition) is 3. The molecule has 0 fully saturated rings. The van der Waals surface area contributed by atoms with E-state index in [1.54, 1.807) is 25.2 Å². The lowest BCUT2D eigenvalue weighted by Gasteiger charge is -2.23. The lowest BCUT2D eigenvalue weighted by molar-refractivity contribution is -0.119. The summed E-state index contributed by atoms with van der Waals surface area (Å²) >= 11 is 6.32. The van der Waals surface area contributed by atoms with E-state index in [2.05, 4.69) is 38.3 Å². The molecule has 0 radical (unpaired) electrons. The van der Waals surface area contributed by atoms with Crippen molar-refractivity contribution in [1.29, 1.82) is 0 Å². The molecule has 0 aliphatic carbocycles. The van der Waals surface area contributed by atoms with Crippen LogP contribution >= 0.6 is 11.6 Å². The first-order valence-electron chi connectivity index (χ1n) is 12.1. The maximum absolute atomic E-state index is 13.5. The Bertz CT molecular complexity index is 1290. The van der Waals surface area contributed by atoms with Crippen LogP contribution in [0.2, 0.25) is 5.02 Å². The van der Waals surface area contributed by atoms with Crippen LogP contribution in [0, 0.1) is 0 Å². The molecule has 1 heterocycles. The Morgan fingerprint density at radius 3 is 2.19 bits per heavy atom. The number of halogens is 1.